The number of hydrogen-bond acceptors (Lipinski definition) is 5. The van der Waals surface area contributed by atoms with E-state index in [0.29, 0.717) is 12.5 Å². The molecule has 3 heterocycles. The highest BCUT2D eigenvalue weighted by Gasteiger charge is 2.19. The first-order valence-electron chi connectivity index (χ1n) is 11.2. The highest BCUT2D eigenvalue weighted by atomic mass is 127. The first kappa shape index (κ1) is 27.8. The molecule has 1 aliphatic rings. The van der Waals surface area contributed by atoms with E-state index < -0.39 is 0 Å². The molecule has 1 N–H and O–H groups in total. The molecular weight excluding hydrogens is 571 g/mol. The smallest absolute Gasteiger partial charge is 0.206 e. The molecule has 1 aliphatic heterocycles. The molecule has 6 nitrogen and oxygen atoms in total. The maximum Gasteiger partial charge on any atom is 0.206 e. The molecule has 1 aromatic carbocycles. The fourth-order valence-electron chi connectivity index (χ4n) is 3.55. The number of nitrogens with one attached hydrogen (secondary N) is 1. The van der Waals surface area contributed by atoms with Crippen LogP contribution in [0.4, 0.5) is 0 Å². The number of carbonyl (C=O) groups is 1. The van der Waals surface area contributed by atoms with Crippen LogP contribution in [0, 0.1) is 0 Å². The standard InChI is InChI=1S/C20H21ClIN3OS.C2H5NO.C2H6/c1-2-24-11-8-16(9-12-24)26-15-5-3-14(4-6-15)19-13-17-18(21)7-10-23-20(17)25(19)27-22;1-3-2-4;1-2/h3-7,10,13,16H,2,8-9,11-12H2,1H3;2H,1H3,(H,3,4);1-2H3. The van der Waals surface area contributed by atoms with Crippen LogP contribution in [0.15, 0.2) is 42.6 Å². The molecule has 4 rings (SSSR count). The Balaban J connectivity index is 0.000000582. The van der Waals surface area contributed by atoms with Crippen molar-refractivity contribution in [1.29, 1.82) is 0 Å². The number of hydrogen-bond donors (Lipinski definition) is 1. The Morgan fingerprint density at radius 2 is 1.88 bits per heavy atom. The number of benzene rings is 1. The van der Waals surface area contributed by atoms with Gasteiger partial charge < -0.3 is 15.0 Å². The van der Waals surface area contributed by atoms with Gasteiger partial charge in [-0.25, -0.2) is 4.98 Å². The normalized spacial score (nSPS) is 14.0. The average Bonchev–Trinajstić information content (AvgIpc) is 3.26. The Morgan fingerprint density at radius 1 is 1.24 bits per heavy atom. The molecule has 0 atom stereocenters. The predicted octanol–water partition coefficient (Wildman–Crippen LogP) is 6.45. The number of fused-ring (bicyclic) bond motifs is 1. The second-order valence-corrected chi connectivity index (χ2v) is 9.20. The van der Waals surface area contributed by atoms with E-state index in [1.165, 1.54) is 0 Å². The van der Waals surface area contributed by atoms with Crippen LogP contribution in [0.2, 0.25) is 5.02 Å². The molecule has 0 saturated carbocycles. The number of amides is 1. The lowest BCUT2D eigenvalue weighted by molar-refractivity contribution is -0.109. The third-order valence-corrected chi connectivity index (χ3v) is 7.25. The molecule has 2 aromatic heterocycles. The third-order valence-electron chi connectivity index (χ3n) is 5.23. The minimum atomic E-state index is 0.318. The monoisotopic (exact) mass is 602 g/mol. The van der Waals surface area contributed by atoms with Gasteiger partial charge >= 0.3 is 0 Å². The first-order valence-corrected chi connectivity index (χ1v) is 14.9. The zero-order chi connectivity index (χ0) is 24.2. The van der Waals surface area contributed by atoms with Gasteiger partial charge in [-0.3, -0.25) is 8.77 Å². The van der Waals surface area contributed by atoms with Crippen LogP contribution in [0.25, 0.3) is 22.3 Å². The lowest BCUT2D eigenvalue weighted by atomic mass is 10.1. The quantitative estimate of drug-likeness (QED) is 0.259. The molecule has 0 unspecified atom stereocenters. The minimum absolute atomic E-state index is 0.318. The summed E-state index contributed by atoms with van der Waals surface area (Å²) in [6.45, 7) is 9.60. The van der Waals surface area contributed by atoms with Gasteiger partial charge in [0.15, 0.2) is 5.65 Å². The number of halogens is 2. The van der Waals surface area contributed by atoms with Gasteiger partial charge in [0, 0.05) is 62.0 Å². The van der Waals surface area contributed by atoms with Crippen molar-refractivity contribution in [2.75, 3.05) is 26.7 Å². The molecule has 9 heteroatoms. The Morgan fingerprint density at radius 3 is 2.42 bits per heavy atom. The van der Waals surface area contributed by atoms with E-state index in [2.05, 4.69) is 77.6 Å². The van der Waals surface area contributed by atoms with Crippen molar-refractivity contribution in [3.05, 3.63) is 47.6 Å². The van der Waals surface area contributed by atoms with Crippen molar-refractivity contribution in [3.8, 4) is 17.0 Å². The van der Waals surface area contributed by atoms with E-state index in [-0.39, 0.29) is 0 Å². The van der Waals surface area contributed by atoms with Crippen LogP contribution in [-0.4, -0.2) is 53.1 Å². The highest BCUT2D eigenvalue weighted by molar-refractivity contribution is 14.2. The van der Waals surface area contributed by atoms with Crippen molar-refractivity contribution in [2.45, 2.75) is 39.7 Å². The second-order valence-electron chi connectivity index (χ2n) is 7.11. The number of carbonyl (C=O) groups excluding carboxylic acids is 1. The molecule has 0 aliphatic carbocycles. The Hall–Kier alpha value is -1.49. The number of rotatable bonds is 6. The molecule has 0 spiro atoms. The Labute approximate surface area is 218 Å². The van der Waals surface area contributed by atoms with E-state index in [9.17, 15) is 0 Å². The molecular formula is C24H32ClIN4O2S. The summed E-state index contributed by atoms with van der Waals surface area (Å²) in [6, 6.07) is 12.3. The topological polar surface area (TPSA) is 59.4 Å². The molecule has 3 aromatic rings. The Bertz CT molecular complexity index is 992. The SMILES string of the molecule is CC.CCN1CCC(Oc2ccc(-c3cc4c(Cl)ccnc4n3SI)cc2)CC1.CNC=O. The Kier molecular flexibility index (Phi) is 12.4. The minimum Gasteiger partial charge on any atom is -0.490 e. The largest absolute Gasteiger partial charge is 0.490 e. The highest BCUT2D eigenvalue weighted by Crippen LogP contribution is 2.36. The lowest BCUT2D eigenvalue weighted by Gasteiger charge is -2.31. The van der Waals surface area contributed by atoms with Crippen LogP contribution < -0.4 is 10.1 Å². The summed E-state index contributed by atoms with van der Waals surface area (Å²) in [5, 5.41) is 3.95. The van der Waals surface area contributed by atoms with Crippen LogP contribution in [-0.2, 0) is 4.79 Å². The van der Waals surface area contributed by atoms with Crippen molar-refractivity contribution in [2.24, 2.45) is 0 Å². The summed E-state index contributed by atoms with van der Waals surface area (Å²) in [5.41, 5.74) is 3.11. The predicted molar refractivity (Wildman–Crippen MR) is 149 cm³/mol. The van der Waals surface area contributed by atoms with Crippen LogP contribution >= 0.6 is 41.9 Å². The number of piperidine rings is 1. The van der Waals surface area contributed by atoms with Gasteiger partial charge in [-0.15, -0.1) is 0 Å². The number of aromatic nitrogens is 2. The zero-order valence-electron chi connectivity index (χ0n) is 19.6. The van der Waals surface area contributed by atoms with Crippen molar-refractivity contribution < 1.29 is 9.53 Å². The summed E-state index contributed by atoms with van der Waals surface area (Å²) in [4.78, 5) is 16.0. The maximum absolute atomic E-state index is 9.06. The molecule has 0 radical (unpaired) electrons. The van der Waals surface area contributed by atoms with Crippen LogP contribution in [0.3, 0.4) is 0 Å². The number of pyridine rings is 1. The van der Waals surface area contributed by atoms with E-state index in [1.807, 2.05) is 19.9 Å². The molecule has 1 saturated heterocycles. The summed E-state index contributed by atoms with van der Waals surface area (Å²) in [6.07, 6.45) is 4.88. The molecule has 180 valence electrons. The van der Waals surface area contributed by atoms with Crippen molar-refractivity contribution >= 4 is 59.4 Å². The van der Waals surface area contributed by atoms with Crippen molar-refractivity contribution in [1.82, 2.24) is 19.2 Å². The molecule has 1 fully saturated rings. The van der Waals surface area contributed by atoms with E-state index in [1.54, 1.807) is 22.4 Å². The molecule has 33 heavy (non-hydrogen) atoms. The first-order chi connectivity index (χ1) is 16.1. The van der Waals surface area contributed by atoms with E-state index in [0.717, 1.165) is 65.5 Å². The maximum atomic E-state index is 9.06. The summed E-state index contributed by atoms with van der Waals surface area (Å²) in [5.74, 6) is 0.939. The van der Waals surface area contributed by atoms with Crippen molar-refractivity contribution in [3.63, 3.8) is 0 Å². The summed E-state index contributed by atoms with van der Waals surface area (Å²) >= 11 is 8.63. The second kappa shape index (κ2) is 14.7. The number of likely N-dealkylation sites (tertiary alicyclic amines) is 1. The van der Waals surface area contributed by atoms with Crippen LogP contribution in [0.5, 0.6) is 5.75 Å². The summed E-state index contributed by atoms with van der Waals surface area (Å²) < 4.78 is 8.31. The molecule has 1 amide bonds. The van der Waals surface area contributed by atoms with Crippen LogP contribution in [0.1, 0.15) is 33.6 Å². The average molecular weight is 603 g/mol. The van der Waals surface area contributed by atoms with Gasteiger partial charge in [-0.05, 0) is 61.3 Å². The van der Waals surface area contributed by atoms with Gasteiger partial charge in [0.05, 0.1) is 10.7 Å². The summed E-state index contributed by atoms with van der Waals surface area (Å²) in [7, 11) is 3.16. The zero-order valence-corrected chi connectivity index (χ0v) is 23.3. The molecule has 0 bridgehead atoms. The lowest BCUT2D eigenvalue weighted by Crippen LogP contribution is -2.37. The van der Waals surface area contributed by atoms with E-state index >= 15 is 0 Å². The van der Waals surface area contributed by atoms with Gasteiger partial charge in [0.1, 0.15) is 11.9 Å². The van der Waals surface area contributed by atoms with Gasteiger partial charge in [-0.2, -0.15) is 0 Å². The van der Waals surface area contributed by atoms with E-state index in [4.69, 9.17) is 21.1 Å². The van der Waals surface area contributed by atoms with Gasteiger partial charge in [0.2, 0.25) is 6.41 Å². The third kappa shape index (κ3) is 7.50. The fourth-order valence-corrected chi connectivity index (χ4v) is 5.39. The number of nitrogens with zero attached hydrogens (tertiary/aromatic N) is 3. The fraction of sp³-hybridized carbons (Fsp3) is 0.417. The number of ether oxygens (including phenoxy) is 1. The van der Waals surface area contributed by atoms with Gasteiger partial charge in [-0.1, -0.05) is 32.4 Å². The van der Waals surface area contributed by atoms with Gasteiger partial charge in [0.25, 0.3) is 0 Å².